The van der Waals surface area contributed by atoms with Crippen LogP contribution in [0.4, 0.5) is 0 Å². The molecule has 0 fully saturated rings. The van der Waals surface area contributed by atoms with Crippen molar-refractivity contribution in [2.24, 2.45) is 0 Å². The Kier molecular flexibility index (Phi) is 4.94. The Balaban J connectivity index is 2.05. The molecule has 1 aromatic carbocycles. The Bertz CT molecular complexity index is 840. The van der Waals surface area contributed by atoms with E-state index >= 15 is 0 Å². The second kappa shape index (κ2) is 6.71. The molecular formula is C14H17N3O4S. The molecule has 1 aromatic heterocycles. The van der Waals surface area contributed by atoms with E-state index in [1.807, 2.05) is 35.3 Å². The number of benzene rings is 1. The lowest BCUT2D eigenvalue weighted by Crippen LogP contribution is -2.37. The molecule has 7 nitrogen and oxygen atoms in total. The first-order chi connectivity index (χ1) is 10.4. The van der Waals surface area contributed by atoms with E-state index in [0.29, 0.717) is 12.8 Å². The molecule has 1 atom stereocenters. The molecule has 118 valence electrons. The molecule has 22 heavy (non-hydrogen) atoms. The molecule has 0 spiro atoms. The fraction of sp³-hybridized carbons (Fsp3) is 0.286. The number of sulfonamides is 1. The van der Waals surface area contributed by atoms with Gasteiger partial charge in [-0.1, -0.05) is 30.3 Å². The number of rotatable bonds is 6. The molecule has 0 aliphatic carbocycles. The number of aromatic amines is 2. The summed E-state index contributed by atoms with van der Waals surface area (Å²) in [4.78, 5) is 26.0. The van der Waals surface area contributed by atoms with Crippen LogP contribution in [0.25, 0.3) is 0 Å². The molecule has 2 rings (SSSR count). The number of hydrogen-bond acceptors (Lipinski definition) is 4. The first-order valence-corrected chi connectivity index (χ1v) is 8.25. The summed E-state index contributed by atoms with van der Waals surface area (Å²) >= 11 is 0. The Labute approximate surface area is 127 Å². The van der Waals surface area contributed by atoms with Crippen molar-refractivity contribution in [3.8, 4) is 0 Å². The quantitative estimate of drug-likeness (QED) is 0.712. The second-order valence-corrected chi connectivity index (χ2v) is 6.67. The lowest BCUT2D eigenvalue weighted by molar-refractivity contribution is 0.545. The Hall–Kier alpha value is -2.19. The smallest absolute Gasteiger partial charge is 0.313 e. The van der Waals surface area contributed by atoms with Crippen LogP contribution in [0.3, 0.4) is 0 Å². The van der Waals surface area contributed by atoms with Crippen molar-refractivity contribution >= 4 is 10.0 Å². The predicted molar refractivity (Wildman–Crippen MR) is 82.2 cm³/mol. The van der Waals surface area contributed by atoms with Crippen molar-refractivity contribution in [1.82, 2.24) is 14.7 Å². The molecule has 0 saturated heterocycles. The first-order valence-electron chi connectivity index (χ1n) is 6.77. The topological polar surface area (TPSA) is 112 Å². The molecule has 1 unspecified atom stereocenters. The van der Waals surface area contributed by atoms with Gasteiger partial charge in [0.2, 0.25) is 10.0 Å². The highest BCUT2D eigenvalue weighted by molar-refractivity contribution is 7.89. The van der Waals surface area contributed by atoms with Crippen molar-refractivity contribution in [1.29, 1.82) is 0 Å². The Morgan fingerprint density at radius 1 is 1.18 bits per heavy atom. The molecule has 0 saturated carbocycles. The predicted octanol–water partition coefficient (Wildman–Crippen LogP) is 0.363. The zero-order chi connectivity index (χ0) is 16.2. The summed E-state index contributed by atoms with van der Waals surface area (Å²) in [5.74, 6) is 0. The molecule has 2 aromatic rings. The molecule has 0 bridgehead atoms. The minimum atomic E-state index is -3.98. The van der Waals surface area contributed by atoms with Crippen LogP contribution in [0.15, 0.2) is 51.0 Å². The minimum absolute atomic E-state index is 0.350. The van der Waals surface area contributed by atoms with Gasteiger partial charge in [0, 0.05) is 12.2 Å². The molecule has 0 amide bonds. The lowest BCUT2D eigenvalue weighted by Gasteiger charge is -2.13. The molecule has 0 aliphatic heterocycles. The normalized spacial score (nSPS) is 13.0. The average Bonchev–Trinajstić information content (AvgIpc) is 2.45. The highest BCUT2D eigenvalue weighted by Gasteiger charge is 2.21. The van der Waals surface area contributed by atoms with Crippen LogP contribution in [0, 0.1) is 0 Å². The third kappa shape index (κ3) is 4.15. The number of nitrogens with one attached hydrogen (secondary N) is 3. The summed E-state index contributed by atoms with van der Waals surface area (Å²) in [5.41, 5.74) is -0.581. The SMILES string of the molecule is CC(CCc1ccccc1)NS(=O)(=O)c1c[nH]c(=O)[nH]c1=O. The van der Waals surface area contributed by atoms with Gasteiger partial charge in [-0.15, -0.1) is 0 Å². The van der Waals surface area contributed by atoms with Gasteiger partial charge >= 0.3 is 5.69 Å². The zero-order valence-corrected chi connectivity index (χ0v) is 12.8. The third-order valence-corrected chi connectivity index (χ3v) is 4.73. The van der Waals surface area contributed by atoms with Crippen LogP contribution < -0.4 is 16.0 Å². The minimum Gasteiger partial charge on any atom is -0.313 e. The highest BCUT2D eigenvalue weighted by Crippen LogP contribution is 2.07. The molecule has 1 heterocycles. The maximum atomic E-state index is 12.1. The molecule has 0 aliphatic rings. The zero-order valence-electron chi connectivity index (χ0n) is 12.0. The fourth-order valence-electron chi connectivity index (χ4n) is 2.01. The lowest BCUT2D eigenvalue weighted by atomic mass is 10.1. The van der Waals surface area contributed by atoms with Gasteiger partial charge in [0.25, 0.3) is 5.56 Å². The van der Waals surface area contributed by atoms with E-state index in [0.717, 1.165) is 11.8 Å². The van der Waals surface area contributed by atoms with Gasteiger partial charge in [0.05, 0.1) is 0 Å². The molecule has 3 N–H and O–H groups in total. The molecule has 8 heteroatoms. The summed E-state index contributed by atoms with van der Waals surface area (Å²) in [5, 5.41) is 0. The standard InChI is InChI=1S/C14H17N3O4S/c1-10(7-8-11-5-3-2-4-6-11)17-22(20,21)12-9-15-14(19)16-13(12)18/h2-6,9-10,17H,7-8H2,1H3,(H2,15,16,18,19). The van der Waals surface area contributed by atoms with Crippen molar-refractivity contribution < 1.29 is 8.42 Å². The van der Waals surface area contributed by atoms with Crippen LogP contribution in [0.1, 0.15) is 18.9 Å². The number of aryl methyl sites for hydroxylation is 1. The van der Waals surface area contributed by atoms with Crippen molar-refractivity contribution in [3.63, 3.8) is 0 Å². The van der Waals surface area contributed by atoms with Crippen LogP contribution in [-0.4, -0.2) is 24.4 Å². The van der Waals surface area contributed by atoms with Crippen LogP contribution >= 0.6 is 0 Å². The Morgan fingerprint density at radius 3 is 2.50 bits per heavy atom. The average molecular weight is 323 g/mol. The van der Waals surface area contributed by atoms with Gasteiger partial charge in [0.1, 0.15) is 0 Å². The fourth-order valence-corrected chi connectivity index (χ4v) is 3.30. The van der Waals surface area contributed by atoms with E-state index in [1.165, 1.54) is 0 Å². The monoisotopic (exact) mass is 323 g/mol. The summed E-state index contributed by atoms with van der Waals surface area (Å²) in [6.45, 7) is 1.72. The Morgan fingerprint density at radius 2 is 1.86 bits per heavy atom. The highest BCUT2D eigenvalue weighted by atomic mass is 32.2. The van der Waals surface area contributed by atoms with E-state index in [4.69, 9.17) is 0 Å². The van der Waals surface area contributed by atoms with Gasteiger partial charge in [-0.05, 0) is 25.3 Å². The van der Waals surface area contributed by atoms with Crippen LogP contribution in [-0.2, 0) is 16.4 Å². The van der Waals surface area contributed by atoms with Gasteiger partial charge < -0.3 is 4.98 Å². The van der Waals surface area contributed by atoms with Gasteiger partial charge in [-0.3, -0.25) is 9.78 Å². The van der Waals surface area contributed by atoms with Crippen molar-refractivity contribution in [3.05, 3.63) is 62.9 Å². The summed E-state index contributed by atoms with van der Waals surface area (Å²) in [7, 11) is -3.98. The maximum Gasteiger partial charge on any atom is 0.325 e. The third-order valence-electron chi connectivity index (χ3n) is 3.14. The summed E-state index contributed by atoms with van der Waals surface area (Å²) < 4.78 is 26.7. The number of H-pyrrole nitrogens is 2. The van der Waals surface area contributed by atoms with Gasteiger partial charge in [0.15, 0.2) is 4.90 Å². The van der Waals surface area contributed by atoms with E-state index in [-0.39, 0.29) is 6.04 Å². The van der Waals surface area contributed by atoms with E-state index in [2.05, 4.69) is 9.71 Å². The van der Waals surface area contributed by atoms with Crippen molar-refractivity contribution in [2.45, 2.75) is 30.7 Å². The molecular weight excluding hydrogens is 306 g/mol. The largest absolute Gasteiger partial charge is 0.325 e. The maximum absolute atomic E-state index is 12.1. The van der Waals surface area contributed by atoms with Crippen molar-refractivity contribution in [2.75, 3.05) is 0 Å². The van der Waals surface area contributed by atoms with E-state index in [9.17, 15) is 18.0 Å². The summed E-state index contributed by atoms with van der Waals surface area (Å²) in [6.07, 6.45) is 2.20. The van der Waals surface area contributed by atoms with E-state index in [1.54, 1.807) is 6.92 Å². The summed E-state index contributed by atoms with van der Waals surface area (Å²) in [6, 6.07) is 9.34. The number of aromatic nitrogens is 2. The number of hydrogen-bond donors (Lipinski definition) is 3. The first kappa shape index (κ1) is 16.2. The van der Waals surface area contributed by atoms with Gasteiger partial charge in [-0.25, -0.2) is 17.9 Å². The molecule has 0 radical (unpaired) electrons. The van der Waals surface area contributed by atoms with Crippen LogP contribution in [0.2, 0.25) is 0 Å². The van der Waals surface area contributed by atoms with E-state index < -0.39 is 26.2 Å². The van der Waals surface area contributed by atoms with Crippen LogP contribution in [0.5, 0.6) is 0 Å². The second-order valence-electron chi connectivity index (χ2n) is 4.98. The van der Waals surface area contributed by atoms with Gasteiger partial charge in [-0.2, -0.15) is 0 Å².